The van der Waals surface area contributed by atoms with E-state index in [9.17, 15) is 22.8 Å². The van der Waals surface area contributed by atoms with Crippen LogP contribution < -0.4 is 4.74 Å². The van der Waals surface area contributed by atoms with Crippen molar-refractivity contribution in [2.45, 2.75) is 45.3 Å². The van der Waals surface area contributed by atoms with Gasteiger partial charge in [-0.15, -0.1) is 0 Å². The number of carbonyl (C=O) groups is 2. The summed E-state index contributed by atoms with van der Waals surface area (Å²) >= 11 is 0. The highest BCUT2D eigenvalue weighted by Gasteiger charge is 2.30. The van der Waals surface area contributed by atoms with Crippen LogP contribution in [-0.4, -0.2) is 53.2 Å². The number of likely N-dealkylation sites (tertiary alicyclic amines) is 1. The van der Waals surface area contributed by atoms with E-state index in [4.69, 9.17) is 14.6 Å². The molecule has 4 aromatic rings. The third kappa shape index (κ3) is 7.25. The molecule has 5 rings (SSSR count). The maximum Gasteiger partial charge on any atom is 0.416 e. The smallest absolute Gasteiger partial charge is 0.416 e. The molecular weight excluding hydrogens is 559 g/mol. The number of hydrogen-bond acceptors (Lipinski definition) is 5. The lowest BCUT2D eigenvalue weighted by Gasteiger charge is -2.32. The minimum Gasteiger partial charge on any atom is -0.457 e. The number of piperidine rings is 1. The van der Waals surface area contributed by atoms with E-state index in [1.165, 1.54) is 12.1 Å². The molecule has 1 amide bonds. The van der Waals surface area contributed by atoms with Crippen LogP contribution in [0.1, 0.15) is 57.5 Å². The molecule has 0 bridgehead atoms. The summed E-state index contributed by atoms with van der Waals surface area (Å²) in [4.78, 5) is 27.6. The van der Waals surface area contributed by atoms with Gasteiger partial charge in [-0.05, 0) is 98.3 Å². The zero-order valence-corrected chi connectivity index (χ0v) is 24.2. The van der Waals surface area contributed by atoms with Gasteiger partial charge in [0.25, 0.3) is 5.91 Å². The number of alkyl halides is 3. The van der Waals surface area contributed by atoms with E-state index < -0.39 is 11.7 Å². The minimum absolute atomic E-state index is 0.0670. The normalized spacial score (nSPS) is 14.3. The number of hydrogen-bond donors (Lipinski definition) is 0. The molecule has 1 fully saturated rings. The molecule has 0 radical (unpaired) electrons. The summed E-state index contributed by atoms with van der Waals surface area (Å²) in [5.41, 5.74) is 2.33. The molecule has 7 nitrogen and oxygen atoms in total. The maximum absolute atomic E-state index is 13.1. The summed E-state index contributed by atoms with van der Waals surface area (Å²) in [6.45, 7) is 4.53. The highest BCUT2D eigenvalue weighted by molar-refractivity contribution is 6.01. The molecule has 0 aliphatic carbocycles. The summed E-state index contributed by atoms with van der Waals surface area (Å²) in [5.74, 6) is 1.12. The number of aromatic nitrogens is 2. The Morgan fingerprint density at radius 1 is 0.953 bits per heavy atom. The average molecular weight is 594 g/mol. The molecule has 1 aromatic heterocycles. The first-order chi connectivity index (χ1) is 20.6. The van der Waals surface area contributed by atoms with Gasteiger partial charge < -0.3 is 14.4 Å². The zero-order chi connectivity index (χ0) is 30.6. The third-order valence-electron chi connectivity index (χ3n) is 7.92. The van der Waals surface area contributed by atoms with Crippen molar-refractivity contribution < 1.29 is 32.2 Å². The van der Waals surface area contributed by atoms with Crippen molar-refractivity contribution in [2.24, 2.45) is 5.92 Å². The molecule has 2 heterocycles. The van der Waals surface area contributed by atoms with Gasteiger partial charge in [0, 0.05) is 62.5 Å². The quantitative estimate of drug-likeness (QED) is 0.142. The molecule has 3 aromatic carbocycles. The number of rotatable bonds is 10. The van der Waals surface area contributed by atoms with Crippen LogP contribution in [0.4, 0.5) is 13.2 Å². The fraction of sp³-hybridized carbons (Fsp3) is 0.364. The van der Waals surface area contributed by atoms with Crippen LogP contribution in [0.5, 0.6) is 11.5 Å². The molecule has 0 spiro atoms. The van der Waals surface area contributed by atoms with E-state index in [2.05, 4.69) is 0 Å². The van der Waals surface area contributed by atoms with E-state index in [1.807, 2.05) is 34.8 Å². The molecule has 1 saturated heterocycles. The summed E-state index contributed by atoms with van der Waals surface area (Å²) in [5, 5.41) is 5.72. The molecule has 226 valence electrons. The number of aryl methyl sites for hydroxylation is 1. The van der Waals surface area contributed by atoms with Gasteiger partial charge in [-0.1, -0.05) is 0 Å². The fourth-order valence-corrected chi connectivity index (χ4v) is 5.47. The van der Waals surface area contributed by atoms with Crippen LogP contribution in [0.25, 0.3) is 10.9 Å². The lowest BCUT2D eigenvalue weighted by molar-refractivity contribution is -0.137. The molecule has 10 heteroatoms. The molecule has 0 unspecified atom stereocenters. The second-order valence-corrected chi connectivity index (χ2v) is 10.9. The number of fused-ring (bicyclic) bond motifs is 1. The van der Waals surface area contributed by atoms with Crippen LogP contribution in [0.15, 0.2) is 66.9 Å². The topological polar surface area (TPSA) is 73.7 Å². The Balaban J connectivity index is 1.14. The Kier molecular flexibility index (Phi) is 9.15. The third-order valence-corrected chi connectivity index (χ3v) is 7.92. The van der Waals surface area contributed by atoms with Crippen molar-refractivity contribution in [1.29, 1.82) is 0 Å². The minimum atomic E-state index is -4.40. The van der Waals surface area contributed by atoms with Crippen molar-refractivity contribution in [2.75, 3.05) is 26.8 Å². The summed E-state index contributed by atoms with van der Waals surface area (Å²) in [7, 11) is 1.63. The van der Waals surface area contributed by atoms with E-state index in [-0.39, 0.29) is 17.4 Å². The van der Waals surface area contributed by atoms with Crippen LogP contribution in [0, 0.1) is 12.8 Å². The zero-order valence-electron chi connectivity index (χ0n) is 24.2. The van der Waals surface area contributed by atoms with E-state index >= 15 is 0 Å². The van der Waals surface area contributed by atoms with Crippen molar-refractivity contribution in [3.05, 3.63) is 89.1 Å². The highest BCUT2D eigenvalue weighted by atomic mass is 19.4. The van der Waals surface area contributed by atoms with Crippen LogP contribution in [-0.2, 0) is 17.5 Å². The van der Waals surface area contributed by atoms with Gasteiger partial charge >= 0.3 is 6.18 Å². The SMILES string of the molecule is COCCCC(=O)c1ccc2nn(CC3CCN(C(=O)c4ccc(Oc5ccc(C(F)(F)F)cc5)cc4)CC3)cc2c1C. The summed E-state index contributed by atoms with van der Waals surface area (Å²) in [6.07, 6.45) is 0.450. The van der Waals surface area contributed by atoms with Gasteiger partial charge in [0.15, 0.2) is 5.78 Å². The van der Waals surface area contributed by atoms with Crippen LogP contribution >= 0.6 is 0 Å². The van der Waals surface area contributed by atoms with Crippen molar-refractivity contribution in [3.8, 4) is 11.5 Å². The standard InChI is InChI=1S/C33H34F3N3O4/c1-22-28(31(40)4-3-19-42-2)13-14-30-29(22)21-39(37-30)20-23-15-17-38(18-16-23)32(41)24-5-9-26(10-6-24)43-27-11-7-25(8-12-27)33(34,35)36/h5-14,21,23H,3-4,15-20H2,1-2H3. The molecule has 0 saturated carbocycles. The van der Waals surface area contributed by atoms with Gasteiger partial charge in [0.1, 0.15) is 11.5 Å². The van der Waals surface area contributed by atoms with E-state index in [1.54, 1.807) is 31.4 Å². The first kappa shape index (κ1) is 30.3. The average Bonchev–Trinajstić information content (AvgIpc) is 3.41. The summed E-state index contributed by atoms with van der Waals surface area (Å²) in [6, 6.07) is 14.9. The predicted molar refractivity (Wildman–Crippen MR) is 156 cm³/mol. The Bertz CT molecular complexity index is 1570. The molecular formula is C33H34F3N3O4. The largest absolute Gasteiger partial charge is 0.457 e. The Morgan fingerprint density at radius 3 is 2.23 bits per heavy atom. The number of carbonyl (C=O) groups excluding carboxylic acids is 2. The number of methoxy groups -OCH3 is 1. The Morgan fingerprint density at radius 2 is 1.60 bits per heavy atom. The molecule has 1 aliphatic heterocycles. The van der Waals surface area contributed by atoms with Crippen molar-refractivity contribution >= 4 is 22.6 Å². The number of ether oxygens (including phenoxy) is 2. The van der Waals surface area contributed by atoms with Crippen molar-refractivity contribution in [3.63, 3.8) is 0 Å². The second-order valence-electron chi connectivity index (χ2n) is 10.9. The highest BCUT2D eigenvalue weighted by Crippen LogP contribution is 2.32. The number of ketones is 1. The number of Topliss-reactive ketones (excluding diaryl/α,β-unsaturated/α-hetero) is 1. The lowest BCUT2D eigenvalue weighted by atomic mass is 9.96. The van der Waals surface area contributed by atoms with Gasteiger partial charge in [0.2, 0.25) is 0 Å². The van der Waals surface area contributed by atoms with Crippen LogP contribution in [0.3, 0.4) is 0 Å². The molecule has 0 N–H and O–H groups in total. The van der Waals surface area contributed by atoms with Gasteiger partial charge in [-0.25, -0.2) is 0 Å². The lowest BCUT2D eigenvalue weighted by Crippen LogP contribution is -2.39. The molecule has 0 atom stereocenters. The Labute approximate surface area is 248 Å². The second kappa shape index (κ2) is 13.0. The Hall–Kier alpha value is -4.18. The van der Waals surface area contributed by atoms with E-state index in [0.717, 1.165) is 53.5 Å². The maximum atomic E-state index is 13.1. The number of nitrogens with zero attached hydrogens (tertiary/aromatic N) is 3. The fourth-order valence-electron chi connectivity index (χ4n) is 5.47. The predicted octanol–water partition coefficient (Wildman–Crippen LogP) is 7.32. The molecule has 1 aliphatic rings. The number of halogens is 3. The van der Waals surface area contributed by atoms with Gasteiger partial charge in [-0.2, -0.15) is 18.3 Å². The van der Waals surface area contributed by atoms with Crippen LogP contribution in [0.2, 0.25) is 0 Å². The van der Waals surface area contributed by atoms with E-state index in [0.29, 0.717) is 49.8 Å². The number of benzene rings is 3. The first-order valence-electron chi connectivity index (χ1n) is 14.4. The first-order valence-corrected chi connectivity index (χ1v) is 14.4. The molecule has 43 heavy (non-hydrogen) atoms. The summed E-state index contributed by atoms with van der Waals surface area (Å²) < 4.78 is 51.0. The number of amides is 1. The van der Waals surface area contributed by atoms with Crippen molar-refractivity contribution in [1.82, 2.24) is 14.7 Å². The van der Waals surface area contributed by atoms with Gasteiger partial charge in [-0.3, -0.25) is 14.3 Å². The van der Waals surface area contributed by atoms with Gasteiger partial charge in [0.05, 0.1) is 11.1 Å². The monoisotopic (exact) mass is 593 g/mol.